The Morgan fingerprint density at radius 3 is 2.57 bits per heavy atom. The molecule has 1 aliphatic rings. The van der Waals surface area contributed by atoms with Crippen LogP contribution in [0.25, 0.3) is 0 Å². The van der Waals surface area contributed by atoms with Gasteiger partial charge in [0.15, 0.2) is 5.76 Å². The second-order valence-corrected chi connectivity index (χ2v) is 5.53. The molecule has 21 heavy (non-hydrogen) atoms. The summed E-state index contributed by atoms with van der Waals surface area (Å²) in [6.07, 6.45) is 3.21. The lowest BCUT2D eigenvalue weighted by Gasteiger charge is -2.36. The van der Waals surface area contributed by atoms with Crippen LogP contribution in [0, 0.1) is 0 Å². The second kappa shape index (κ2) is 7.61. The number of rotatable bonds is 8. The molecule has 1 fully saturated rings. The molecule has 0 unspecified atom stereocenters. The van der Waals surface area contributed by atoms with Crippen molar-refractivity contribution in [2.24, 2.45) is 0 Å². The monoisotopic (exact) mass is 294 g/mol. The molecule has 1 amide bonds. The minimum Gasteiger partial charge on any atom is -0.455 e. The Bertz CT molecular complexity index is 450. The number of aliphatic hydroxyl groups is 1. The summed E-state index contributed by atoms with van der Waals surface area (Å²) in [5.41, 5.74) is 0. The molecule has 2 rings (SSSR count). The molecule has 5 heteroatoms. The van der Waals surface area contributed by atoms with Gasteiger partial charge in [-0.25, -0.2) is 0 Å². The largest absolute Gasteiger partial charge is 0.455 e. The van der Waals surface area contributed by atoms with E-state index in [0.29, 0.717) is 12.3 Å². The van der Waals surface area contributed by atoms with Crippen molar-refractivity contribution in [1.29, 1.82) is 0 Å². The van der Waals surface area contributed by atoms with Gasteiger partial charge < -0.3 is 14.4 Å². The van der Waals surface area contributed by atoms with E-state index in [4.69, 9.17) is 9.52 Å². The van der Waals surface area contributed by atoms with Gasteiger partial charge in [-0.3, -0.25) is 9.69 Å². The first-order chi connectivity index (χ1) is 10.2. The molecule has 0 spiro atoms. The third kappa shape index (κ3) is 3.86. The lowest BCUT2D eigenvalue weighted by atomic mass is 9.91. The topological polar surface area (TPSA) is 56.9 Å². The first kappa shape index (κ1) is 16.0. The van der Waals surface area contributed by atoms with E-state index in [0.717, 1.165) is 44.7 Å². The normalized spacial score (nSPS) is 15.2. The van der Waals surface area contributed by atoms with E-state index < -0.39 is 0 Å². The zero-order chi connectivity index (χ0) is 15.2. The first-order valence-corrected chi connectivity index (χ1v) is 7.92. The molecule has 0 aliphatic heterocycles. The molecule has 1 N–H and O–H groups in total. The Morgan fingerprint density at radius 1 is 1.33 bits per heavy atom. The van der Waals surface area contributed by atoms with Crippen molar-refractivity contribution in [3.05, 3.63) is 23.7 Å². The van der Waals surface area contributed by atoms with Gasteiger partial charge in [-0.05, 0) is 44.5 Å². The van der Waals surface area contributed by atoms with E-state index in [2.05, 4.69) is 18.7 Å². The van der Waals surface area contributed by atoms with Gasteiger partial charge in [0, 0.05) is 12.6 Å². The zero-order valence-electron chi connectivity index (χ0n) is 13.0. The van der Waals surface area contributed by atoms with Crippen LogP contribution >= 0.6 is 0 Å². The van der Waals surface area contributed by atoms with Gasteiger partial charge in [0.2, 0.25) is 0 Å². The van der Waals surface area contributed by atoms with Crippen molar-refractivity contribution in [2.75, 3.05) is 26.2 Å². The van der Waals surface area contributed by atoms with E-state index in [1.165, 1.54) is 0 Å². The van der Waals surface area contributed by atoms with Gasteiger partial charge in [0.25, 0.3) is 5.91 Å². The molecular formula is C16H26N2O3. The summed E-state index contributed by atoms with van der Waals surface area (Å²) in [5.74, 6) is 1.11. The lowest BCUT2D eigenvalue weighted by Crippen LogP contribution is -2.45. The smallest absolute Gasteiger partial charge is 0.289 e. The third-order valence-corrected chi connectivity index (χ3v) is 4.26. The van der Waals surface area contributed by atoms with E-state index in [1.54, 1.807) is 11.0 Å². The molecule has 0 atom stereocenters. The van der Waals surface area contributed by atoms with Gasteiger partial charge in [0.1, 0.15) is 5.76 Å². The minimum atomic E-state index is -0.0976. The van der Waals surface area contributed by atoms with Crippen molar-refractivity contribution in [1.82, 2.24) is 9.80 Å². The second-order valence-electron chi connectivity index (χ2n) is 5.53. The van der Waals surface area contributed by atoms with Crippen LogP contribution in [0.15, 0.2) is 16.5 Å². The number of amides is 1. The van der Waals surface area contributed by atoms with Crippen LogP contribution in [0.5, 0.6) is 0 Å². The lowest BCUT2D eigenvalue weighted by molar-refractivity contribution is 0.0491. The van der Waals surface area contributed by atoms with E-state index in [1.807, 2.05) is 6.07 Å². The average Bonchev–Trinajstić information content (AvgIpc) is 2.90. The molecule has 1 heterocycles. The average molecular weight is 294 g/mol. The molecule has 1 aromatic rings. The number of aliphatic hydroxyl groups excluding tert-OH is 1. The maximum atomic E-state index is 12.5. The number of furan rings is 1. The Hall–Kier alpha value is -1.33. The van der Waals surface area contributed by atoms with Gasteiger partial charge >= 0.3 is 0 Å². The highest BCUT2D eigenvalue weighted by molar-refractivity contribution is 5.91. The van der Waals surface area contributed by atoms with Crippen LogP contribution in [0.1, 0.15) is 49.4 Å². The highest BCUT2D eigenvalue weighted by Crippen LogP contribution is 2.26. The first-order valence-electron chi connectivity index (χ1n) is 7.92. The summed E-state index contributed by atoms with van der Waals surface area (Å²) >= 11 is 0. The number of nitrogens with zero attached hydrogens (tertiary/aromatic N) is 2. The Labute approximate surface area is 126 Å². The number of carbonyl (C=O) groups is 1. The van der Waals surface area contributed by atoms with Crippen LogP contribution in [0.3, 0.4) is 0 Å². The van der Waals surface area contributed by atoms with Gasteiger partial charge in [-0.15, -0.1) is 0 Å². The fraction of sp³-hybridized carbons (Fsp3) is 0.688. The van der Waals surface area contributed by atoms with Crippen molar-refractivity contribution in [3.8, 4) is 0 Å². The van der Waals surface area contributed by atoms with Crippen molar-refractivity contribution >= 4 is 5.91 Å². The summed E-state index contributed by atoms with van der Waals surface area (Å²) in [5, 5.41) is 9.16. The summed E-state index contributed by atoms with van der Waals surface area (Å²) in [6.45, 7) is 7.24. The minimum absolute atomic E-state index is 0.00471. The van der Waals surface area contributed by atoms with E-state index in [-0.39, 0.29) is 18.6 Å². The summed E-state index contributed by atoms with van der Waals surface area (Å²) in [4.78, 5) is 16.5. The zero-order valence-corrected chi connectivity index (χ0v) is 13.0. The molecule has 0 aromatic carbocycles. The van der Waals surface area contributed by atoms with Gasteiger partial charge in [0.05, 0.1) is 13.2 Å². The summed E-state index contributed by atoms with van der Waals surface area (Å²) in [7, 11) is 0. The van der Waals surface area contributed by atoms with Crippen molar-refractivity contribution in [2.45, 2.75) is 45.7 Å². The number of carbonyl (C=O) groups excluding carboxylic acids is 1. The molecular weight excluding hydrogens is 268 g/mol. The van der Waals surface area contributed by atoms with Crippen LogP contribution in [-0.2, 0) is 6.54 Å². The molecule has 1 aromatic heterocycles. The Morgan fingerprint density at radius 2 is 2.05 bits per heavy atom. The quantitative estimate of drug-likeness (QED) is 0.798. The Kier molecular flexibility index (Phi) is 5.82. The summed E-state index contributed by atoms with van der Waals surface area (Å²) < 4.78 is 5.71. The van der Waals surface area contributed by atoms with E-state index >= 15 is 0 Å². The van der Waals surface area contributed by atoms with Gasteiger partial charge in [-0.1, -0.05) is 13.8 Å². The van der Waals surface area contributed by atoms with Crippen LogP contribution in [-0.4, -0.2) is 53.1 Å². The van der Waals surface area contributed by atoms with Crippen LogP contribution in [0.2, 0.25) is 0 Å². The van der Waals surface area contributed by atoms with Gasteiger partial charge in [-0.2, -0.15) is 0 Å². The molecule has 1 saturated carbocycles. The van der Waals surface area contributed by atoms with Crippen LogP contribution in [0.4, 0.5) is 0 Å². The fourth-order valence-electron chi connectivity index (χ4n) is 2.64. The molecule has 5 nitrogen and oxygen atoms in total. The van der Waals surface area contributed by atoms with Crippen molar-refractivity contribution < 1.29 is 14.3 Å². The Balaban J connectivity index is 2.02. The highest BCUT2D eigenvalue weighted by atomic mass is 16.4. The molecule has 0 saturated heterocycles. The standard InChI is InChI=1S/C16H26N2O3/c1-3-17(4-2)12-14-8-9-15(21-14)16(20)18(10-11-19)13-6-5-7-13/h8-9,13,19H,3-7,10-12H2,1-2H3. The maximum Gasteiger partial charge on any atom is 0.289 e. The predicted octanol–water partition coefficient (Wildman–Crippen LogP) is 2.11. The number of hydrogen-bond acceptors (Lipinski definition) is 4. The SMILES string of the molecule is CCN(CC)Cc1ccc(C(=O)N(CCO)C2CCC2)o1. The fourth-order valence-corrected chi connectivity index (χ4v) is 2.64. The van der Waals surface area contributed by atoms with Crippen molar-refractivity contribution in [3.63, 3.8) is 0 Å². The highest BCUT2D eigenvalue weighted by Gasteiger charge is 2.30. The molecule has 0 bridgehead atoms. The third-order valence-electron chi connectivity index (χ3n) is 4.26. The molecule has 118 valence electrons. The number of hydrogen-bond donors (Lipinski definition) is 1. The van der Waals surface area contributed by atoms with Crippen LogP contribution < -0.4 is 0 Å². The van der Waals surface area contributed by atoms with E-state index in [9.17, 15) is 4.79 Å². The molecule has 1 aliphatic carbocycles. The predicted molar refractivity (Wildman–Crippen MR) is 81.1 cm³/mol. The summed E-state index contributed by atoms with van der Waals surface area (Å²) in [6, 6.07) is 3.90. The molecule has 0 radical (unpaired) electrons. The maximum absolute atomic E-state index is 12.5.